The van der Waals surface area contributed by atoms with Crippen molar-refractivity contribution in [2.24, 2.45) is 5.73 Å². The number of hydrogen-bond acceptors (Lipinski definition) is 5. The molecule has 6 heteroatoms. The predicted octanol–water partition coefficient (Wildman–Crippen LogP) is 5.71. The van der Waals surface area contributed by atoms with E-state index in [9.17, 15) is 4.79 Å². The van der Waals surface area contributed by atoms with Gasteiger partial charge in [-0.15, -0.1) is 22.7 Å². The Morgan fingerprint density at radius 1 is 1.33 bits per heavy atom. The van der Waals surface area contributed by atoms with Crippen molar-refractivity contribution in [3.63, 3.8) is 0 Å². The fraction of sp³-hybridized carbons (Fsp3) is 0.429. The maximum absolute atomic E-state index is 11.8. The maximum atomic E-state index is 11.8. The summed E-state index contributed by atoms with van der Waals surface area (Å²) in [7, 11) is 0. The van der Waals surface area contributed by atoms with E-state index in [-0.39, 0.29) is 0 Å². The molecule has 1 aliphatic rings. The summed E-state index contributed by atoms with van der Waals surface area (Å²) in [5, 5.41) is 3.00. The maximum Gasteiger partial charge on any atom is 0.260 e. The van der Waals surface area contributed by atoms with Crippen molar-refractivity contribution < 1.29 is 4.79 Å². The second-order valence-electron chi connectivity index (χ2n) is 7.30. The number of hydrogen-bond donors (Lipinski definition) is 2. The van der Waals surface area contributed by atoms with Crippen LogP contribution in [-0.4, -0.2) is 10.9 Å². The Balaban J connectivity index is 1.84. The van der Waals surface area contributed by atoms with Gasteiger partial charge in [0.25, 0.3) is 5.91 Å². The van der Waals surface area contributed by atoms with Crippen LogP contribution in [0.1, 0.15) is 72.3 Å². The van der Waals surface area contributed by atoms with Gasteiger partial charge in [-0.05, 0) is 36.3 Å². The third-order valence-electron chi connectivity index (χ3n) is 5.54. The number of carbonyl (C=O) groups excluding carboxylic acids is 1. The third-order valence-corrected chi connectivity index (χ3v) is 7.54. The van der Waals surface area contributed by atoms with Crippen LogP contribution >= 0.6 is 22.7 Å². The minimum atomic E-state index is -0.469. The van der Waals surface area contributed by atoms with Gasteiger partial charge in [0, 0.05) is 27.4 Å². The lowest BCUT2D eigenvalue weighted by atomic mass is 9.96. The molecule has 0 saturated heterocycles. The molecule has 1 amide bonds. The summed E-state index contributed by atoms with van der Waals surface area (Å²) in [6.07, 6.45) is 8.49. The van der Waals surface area contributed by atoms with E-state index in [1.54, 1.807) is 11.3 Å². The van der Waals surface area contributed by atoms with Crippen molar-refractivity contribution in [1.29, 1.82) is 0 Å². The SMILES string of the molecule is CCCCCCC1CCc2c1nc1sc(C(N)=O)c(N)c1c2-c1cccs1. The summed E-state index contributed by atoms with van der Waals surface area (Å²) >= 11 is 3.05. The van der Waals surface area contributed by atoms with E-state index in [2.05, 4.69) is 24.4 Å². The van der Waals surface area contributed by atoms with Crippen LogP contribution in [0.3, 0.4) is 0 Å². The van der Waals surface area contributed by atoms with Crippen molar-refractivity contribution in [2.45, 2.75) is 57.8 Å². The van der Waals surface area contributed by atoms with E-state index < -0.39 is 5.91 Å². The first-order valence-electron chi connectivity index (χ1n) is 9.70. The van der Waals surface area contributed by atoms with Crippen LogP contribution in [0, 0.1) is 0 Å². The standard InChI is InChI=1S/C21H25N3OS2/c1-2-3-4-5-7-12-9-10-13-15(14-8-6-11-26-14)16-17(22)19(20(23)25)27-21(16)24-18(12)13/h6,8,11-12H,2-5,7,9-10,22H2,1H3,(H2,23,25). The van der Waals surface area contributed by atoms with Crippen LogP contribution in [0.25, 0.3) is 20.7 Å². The third kappa shape index (κ3) is 3.25. The zero-order valence-corrected chi connectivity index (χ0v) is 17.2. The largest absolute Gasteiger partial charge is 0.397 e. The molecule has 4 rings (SSSR count). The molecule has 0 spiro atoms. The van der Waals surface area contributed by atoms with Crippen LogP contribution in [0.15, 0.2) is 17.5 Å². The van der Waals surface area contributed by atoms with Crippen molar-refractivity contribution >= 4 is 44.5 Å². The van der Waals surface area contributed by atoms with Crippen molar-refractivity contribution in [1.82, 2.24) is 4.98 Å². The van der Waals surface area contributed by atoms with Gasteiger partial charge in [0.05, 0.1) is 5.69 Å². The number of anilines is 1. The minimum absolute atomic E-state index is 0.429. The molecule has 1 aliphatic carbocycles. The highest BCUT2D eigenvalue weighted by atomic mass is 32.1. The highest BCUT2D eigenvalue weighted by Gasteiger charge is 2.31. The van der Waals surface area contributed by atoms with Crippen LogP contribution in [0.4, 0.5) is 5.69 Å². The second kappa shape index (κ2) is 7.60. The molecule has 3 heterocycles. The van der Waals surface area contributed by atoms with Gasteiger partial charge in [-0.2, -0.15) is 0 Å². The smallest absolute Gasteiger partial charge is 0.260 e. The Morgan fingerprint density at radius 2 is 2.19 bits per heavy atom. The molecule has 0 fully saturated rings. The number of aromatic nitrogens is 1. The summed E-state index contributed by atoms with van der Waals surface area (Å²) in [6.45, 7) is 2.24. The minimum Gasteiger partial charge on any atom is -0.397 e. The lowest BCUT2D eigenvalue weighted by Gasteiger charge is -2.13. The molecule has 142 valence electrons. The van der Waals surface area contributed by atoms with Gasteiger partial charge in [0.15, 0.2) is 0 Å². The van der Waals surface area contributed by atoms with Gasteiger partial charge in [0.2, 0.25) is 0 Å². The molecule has 27 heavy (non-hydrogen) atoms. The Morgan fingerprint density at radius 3 is 2.89 bits per heavy atom. The first-order chi connectivity index (χ1) is 13.1. The van der Waals surface area contributed by atoms with E-state index >= 15 is 0 Å². The molecule has 0 radical (unpaired) electrons. The number of unbranched alkanes of at least 4 members (excludes halogenated alkanes) is 3. The highest BCUT2D eigenvalue weighted by Crippen LogP contribution is 2.48. The van der Waals surface area contributed by atoms with Crippen molar-refractivity contribution in [3.8, 4) is 10.4 Å². The Kier molecular flexibility index (Phi) is 5.19. The van der Waals surface area contributed by atoms with E-state index in [1.165, 1.54) is 65.1 Å². The van der Waals surface area contributed by atoms with Crippen LogP contribution in [0.2, 0.25) is 0 Å². The number of amides is 1. The Bertz CT molecular complexity index is 975. The molecule has 0 aliphatic heterocycles. The normalized spacial score (nSPS) is 16.1. The first kappa shape index (κ1) is 18.4. The average molecular weight is 400 g/mol. The lowest BCUT2D eigenvalue weighted by molar-refractivity contribution is 0.100. The molecule has 3 aromatic rings. The number of rotatable bonds is 7. The number of pyridine rings is 1. The molecular weight excluding hydrogens is 374 g/mol. The molecule has 0 aromatic carbocycles. The van der Waals surface area contributed by atoms with Crippen molar-refractivity contribution in [3.05, 3.63) is 33.6 Å². The van der Waals surface area contributed by atoms with Gasteiger partial charge in [-0.1, -0.05) is 38.7 Å². The zero-order chi connectivity index (χ0) is 19.0. The lowest BCUT2D eigenvalue weighted by Crippen LogP contribution is -2.10. The number of thiophene rings is 2. The molecule has 0 bridgehead atoms. The predicted molar refractivity (Wildman–Crippen MR) is 116 cm³/mol. The van der Waals surface area contributed by atoms with Gasteiger partial charge in [-0.25, -0.2) is 4.98 Å². The number of nitrogens with two attached hydrogens (primary N) is 2. The molecule has 4 N–H and O–H groups in total. The molecule has 4 nitrogen and oxygen atoms in total. The van der Waals surface area contributed by atoms with E-state index in [1.807, 2.05) is 0 Å². The number of primary amides is 1. The van der Waals surface area contributed by atoms with E-state index in [0.717, 1.165) is 23.1 Å². The topological polar surface area (TPSA) is 82.0 Å². The van der Waals surface area contributed by atoms with E-state index in [4.69, 9.17) is 16.5 Å². The van der Waals surface area contributed by atoms with Gasteiger partial charge in [0.1, 0.15) is 9.71 Å². The van der Waals surface area contributed by atoms with Crippen LogP contribution in [0.5, 0.6) is 0 Å². The summed E-state index contributed by atoms with van der Waals surface area (Å²) in [5.74, 6) is 0.0456. The number of fused-ring (bicyclic) bond motifs is 2. The summed E-state index contributed by atoms with van der Waals surface area (Å²) < 4.78 is 0. The zero-order valence-electron chi connectivity index (χ0n) is 15.6. The monoisotopic (exact) mass is 399 g/mol. The van der Waals surface area contributed by atoms with E-state index in [0.29, 0.717) is 16.5 Å². The Hall–Kier alpha value is -1.92. The van der Waals surface area contributed by atoms with Crippen LogP contribution in [-0.2, 0) is 6.42 Å². The average Bonchev–Trinajstić information content (AvgIpc) is 3.37. The summed E-state index contributed by atoms with van der Waals surface area (Å²) in [5.41, 5.74) is 16.1. The fourth-order valence-electron chi connectivity index (χ4n) is 4.23. The molecular formula is C21H25N3OS2. The highest BCUT2D eigenvalue weighted by molar-refractivity contribution is 7.21. The molecule has 1 unspecified atom stereocenters. The molecule has 1 atom stereocenters. The fourth-order valence-corrected chi connectivity index (χ4v) is 6.00. The Labute approximate surface area is 167 Å². The summed E-state index contributed by atoms with van der Waals surface area (Å²) in [4.78, 5) is 19.3. The number of nitrogen functional groups attached to an aromatic ring is 1. The number of carbonyl (C=O) groups is 1. The van der Waals surface area contributed by atoms with Gasteiger partial charge >= 0.3 is 0 Å². The van der Waals surface area contributed by atoms with Gasteiger partial charge < -0.3 is 11.5 Å². The van der Waals surface area contributed by atoms with Crippen LogP contribution < -0.4 is 11.5 Å². The molecule has 0 saturated carbocycles. The summed E-state index contributed by atoms with van der Waals surface area (Å²) in [6, 6.07) is 4.20. The number of nitrogens with zero attached hydrogens (tertiary/aromatic N) is 1. The molecule has 3 aromatic heterocycles. The van der Waals surface area contributed by atoms with Gasteiger partial charge in [-0.3, -0.25) is 4.79 Å². The van der Waals surface area contributed by atoms with Crippen molar-refractivity contribution in [2.75, 3.05) is 5.73 Å². The first-order valence-corrected chi connectivity index (χ1v) is 11.4. The quantitative estimate of drug-likeness (QED) is 0.499. The second-order valence-corrected chi connectivity index (χ2v) is 9.25.